The normalized spacial score (nSPS) is 11.0. The highest BCUT2D eigenvalue weighted by atomic mass is 16.5. The first-order chi connectivity index (χ1) is 13.9. The Morgan fingerprint density at radius 2 is 1.76 bits per heavy atom. The van der Waals surface area contributed by atoms with Crippen LogP contribution in [-0.2, 0) is 12.0 Å². The molecule has 0 spiro atoms. The molecule has 5 nitrogen and oxygen atoms in total. The second-order valence-corrected chi connectivity index (χ2v) is 7.84. The molecule has 1 heterocycles. The standard InChI is InChI=1S/C24H27N3O2/c1-24(2,3)19-10-6-7-11-20(19)27-18-13-14-25-21(15-18)23(28)26-16-17-9-5-8-12-22(17)29-4/h5-15H,16H2,1-4H3,(H,25,27)(H,26,28). The number of ether oxygens (including phenoxy) is 1. The van der Waals surface area contributed by atoms with Crippen LogP contribution in [0.1, 0.15) is 42.4 Å². The smallest absolute Gasteiger partial charge is 0.270 e. The number of anilines is 2. The number of pyridine rings is 1. The van der Waals surface area contributed by atoms with Crippen molar-refractivity contribution in [1.82, 2.24) is 10.3 Å². The molecule has 0 radical (unpaired) electrons. The lowest BCUT2D eigenvalue weighted by molar-refractivity contribution is 0.0945. The van der Waals surface area contributed by atoms with E-state index in [9.17, 15) is 4.79 Å². The summed E-state index contributed by atoms with van der Waals surface area (Å²) < 4.78 is 5.33. The van der Waals surface area contributed by atoms with E-state index in [4.69, 9.17) is 4.74 Å². The predicted octanol–water partition coefficient (Wildman–Crippen LogP) is 5.06. The van der Waals surface area contributed by atoms with Gasteiger partial charge in [-0.1, -0.05) is 57.2 Å². The lowest BCUT2D eigenvalue weighted by atomic mass is 9.86. The van der Waals surface area contributed by atoms with Gasteiger partial charge in [-0.2, -0.15) is 0 Å². The molecule has 1 amide bonds. The van der Waals surface area contributed by atoms with Crippen LogP contribution in [0.2, 0.25) is 0 Å². The van der Waals surface area contributed by atoms with Crippen LogP contribution < -0.4 is 15.4 Å². The maximum atomic E-state index is 12.6. The van der Waals surface area contributed by atoms with E-state index in [1.54, 1.807) is 19.4 Å². The molecular weight excluding hydrogens is 362 g/mol. The molecule has 0 atom stereocenters. The number of amides is 1. The first kappa shape index (κ1) is 20.4. The maximum absolute atomic E-state index is 12.6. The average molecular weight is 389 g/mol. The number of carbonyl (C=O) groups excluding carboxylic acids is 1. The van der Waals surface area contributed by atoms with Gasteiger partial charge < -0.3 is 15.4 Å². The minimum absolute atomic E-state index is 0.00552. The van der Waals surface area contributed by atoms with Crippen molar-refractivity contribution in [3.8, 4) is 5.75 Å². The Labute approximate surface area is 172 Å². The van der Waals surface area contributed by atoms with E-state index in [0.717, 1.165) is 22.7 Å². The van der Waals surface area contributed by atoms with Crippen LogP contribution in [-0.4, -0.2) is 18.0 Å². The second kappa shape index (κ2) is 8.78. The van der Waals surface area contributed by atoms with Crippen molar-refractivity contribution in [3.05, 3.63) is 83.7 Å². The van der Waals surface area contributed by atoms with Crippen LogP contribution in [0.15, 0.2) is 66.9 Å². The van der Waals surface area contributed by atoms with Gasteiger partial charge in [-0.05, 0) is 35.2 Å². The van der Waals surface area contributed by atoms with Gasteiger partial charge in [0.25, 0.3) is 5.91 Å². The Balaban J connectivity index is 1.74. The molecular formula is C24H27N3O2. The lowest BCUT2D eigenvalue weighted by Crippen LogP contribution is -2.24. The molecule has 3 rings (SSSR count). The fourth-order valence-electron chi connectivity index (χ4n) is 3.15. The summed E-state index contributed by atoms with van der Waals surface area (Å²) in [4.78, 5) is 16.8. The molecule has 150 valence electrons. The summed E-state index contributed by atoms with van der Waals surface area (Å²) in [5.41, 5.74) is 4.32. The van der Waals surface area contributed by atoms with Crippen LogP contribution in [0.25, 0.3) is 0 Å². The highest BCUT2D eigenvalue weighted by molar-refractivity contribution is 5.93. The zero-order valence-electron chi connectivity index (χ0n) is 17.3. The van der Waals surface area contributed by atoms with E-state index in [1.165, 1.54) is 5.56 Å². The summed E-state index contributed by atoms with van der Waals surface area (Å²) in [6.07, 6.45) is 1.64. The van der Waals surface area contributed by atoms with Crippen LogP contribution in [0.4, 0.5) is 11.4 Å². The third-order valence-corrected chi connectivity index (χ3v) is 4.64. The van der Waals surface area contributed by atoms with Gasteiger partial charge in [0, 0.05) is 29.7 Å². The largest absolute Gasteiger partial charge is 0.496 e. The zero-order chi connectivity index (χ0) is 20.9. The molecule has 0 saturated heterocycles. The summed E-state index contributed by atoms with van der Waals surface area (Å²) in [6.45, 7) is 6.90. The van der Waals surface area contributed by atoms with E-state index in [-0.39, 0.29) is 11.3 Å². The summed E-state index contributed by atoms with van der Waals surface area (Å²) in [5, 5.41) is 6.33. The molecule has 0 bridgehead atoms. The molecule has 0 fully saturated rings. The molecule has 0 saturated carbocycles. The SMILES string of the molecule is COc1ccccc1CNC(=O)c1cc(Nc2ccccc2C(C)(C)C)ccn1. The Morgan fingerprint density at radius 1 is 1.03 bits per heavy atom. The van der Waals surface area contributed by atoms with Crippen molar-refractivity contribution in [2.75, 3.05) is 12.4 Å². The van der Waals surface area contributed by atoms with Gasteiger partial charge in [-0.25, -0.2) is 0 Å². The third-order valence-electron chi connectivity index (χ3n) is 4.64. The number of nitrogens with one attached hydrogen (secondary N) is 2. The van der Waals surface area contributed by atoms with E-state index in [0.29, 0.717) is 12.2 Å². The van der Waals surface area contributed by atoms with Gasteiger partial charge in [0.05, 0.1) is 7.11 Å². The number of carbonyl (C=O) groups is 1. The number of rotatable bonds is 6. The average Bonchev–Trinajstić information content (AvgIpc) is 2.72. The molecule has 0 aliphatic carbocycles. The van der Waals surface area contributed by atoms with Gasteiger partial charge in [0.15, 0.2) is 0 Å². The summed E-state index contributed by atoms with van der Waals surface area (Å²) >= 11 is 0. The van der Waals surface area contributed by atoms with Crippen molar-refractivity contribution in [3.63, 3.8) is 0 Å². The van der Waals surface area contributed by atoms with Gasteiger partial charge in [-0.15, -0.1) is 0 Å². The van der Waals surface area contributed by atoms with E-state index < -0.39 is 0 Å². The van der Waals surface area contributed by atoms with Crippen LogP contribution in [0, 0.1) is 0 Å². The molecule has 2 aromatic carbocycles. The fourth-order valence-corrected chi connectivity index (χ4v) is 3.15. The molecule has 1 aromatic heterocycles. The van der Waals surface area contributed by atoms with Crippen LogP contribution in [0.3, 0.4) is 0 Å². The summed E-state index contributed by atoms with van der Waals surface area (Å²) in [5.74, 6) is 0.513. The number of nitrogens with zero attached hydrogens (tertiary/aromatic N) is 1. The number of hydrogen-bond acceptors (Lipinski definition) is 4. The molecule has 5 heteroatoms. The fraction of sp³-hybridized carbons (Fsp3) is 0.250. The molecule has 29 heavy (non-hydrogen) atoms. The Kier molecular flexibility index (Phi) is 6.17. The molecule has 2 N–H and O–H groups in total. The van der Waals surface area contributed by atoms with Crippen molar-refractivity contribution in [2.24, 2.45) is 0 Å². The van der Waals surface area contributed by atoms with Crippen LogP contribution >= 0.6 is 0 Å². The minimum Gasteiger partial charge on any atom is -0.496 e. The lowest BCUT2D eigenvalue weighted by Gasteiger charge is -2.23. The molecule has 0 unspecified atom stereocenters. The summed E-state index contributed by atoms with van der Waals surface area (Å²) in [7, 11) is 1.62. The van der Waals surface area contributed by atoms with E-state index >= 15 is 0 Å². The predicted molar refractivity (Wildman–Crippen MR) is 117 cm³/mol. The quantitative estimate of drug-likeness (QED) is 0.618. The van der Waals surface area contributed by atoms with Crippen molar-refractivity contribution in [2.45, 2.75) is 32.7 Å². The number of methoxy groups -OCH3 is 1. The highest BCUT2D eigenvalue weighted by Gasteiger charge is 2.18. The third kappa shape index (κ3) is 5.13. The van der Waals surface area contributed by atoms with Gasteiger partial charge >= 0.3 is 0 Å². The Hall–Kier alpha value is -3.34. The maximum Gasteiger partial charge on any atom is 0.270 e. The molecule has 0 aliphatic heterocycles. The van der Waals surface area contributed by atoms with Crippen molar-refractivity contribution < 1.29 is 9.53 Å². The number of hydrogen-bond donors (Lipinski definition) is 2. The van der Waals surface area contributed by atoms with Crippen LogP contribution in [0.5, 0.6) is 5.75 Å². The monoisotopic (exact) mass is 389 g/mol. The number of para-hydroxylation sites is 2. The first-order valence-corrected chi connectivity index (χ1v) is 9.61. The number of aromatic nitrogens is 1. The Bertz CT molecular complexity index is 993. The van der Waals surface area contributed by atoms with Gasteiger partial charge in [0.1, 0.15) is 11.4 Å². The minimum atomic E-state index is -0.233. The molecule has 0 aliphatic rings. The zero-order valence-corrected chi connectivity index (χ0v) is 17.3. The van der Waals surface area contributed by atoms with Crippen molar-refractivity contribution >= 4 is 17.3 Å². The van der Waals surface area contributed by atoms with Gasteiger partial charge in [-0.3, -0.25) is 9.78 Å². The molecule has 3 aromatic rings. The Morgan fingerprint density at radius 3 is 2.52 bits per heavy atom. The topological polar surface area (TPSA) is 63.2 Å². The van der Waals surface area contributed by atoms with E-state index in [2.05, 4.69) is 42.5 Å². The van der Waals surface area contributed by atoms with Crippen molar-refractivity contribution in [1.29, 1.82) is 0 Å². The highest BCUT2D eigenvalue weighted by Crippen LogP contribution is 2.31. The first-order valence-electron chi connectivity index (χ1n) is 9.61. The van der Waals surface area contributed by atoms with Gasteiger partial charge in [0.2, 0.25) is 0 Å². The number of benzene rings is 2. The summed E-state index contributed by atoms with van der Waals surface area (Å²) in [6, 6.07) is 19.4. The second-order valence-electron chi connectivity index (χ2n) is 7.84. The van der Waals surface area contributed by atoms with E-state index in [1.807, 2.05) is 48.5 Å².